The molecule has 6 heteroatoms. The molecule has 0 heterocycles. The monoisotopic (exact) mass is 372 g/mol. The Bertz CT molecular complexity index is 754. The summed E-state index contributed by atoms with van der Waals surface area (Å²) in [5.74, 6) is 0.263. The molecule has 0 aliphatic heterocycles. The van der Waals surface area contributed by atoms with Crippen molar-refractivity contribution in [1.29, 1.82) is 0 Å². The van der Waals surface area contributed by atoms with E-state index in [0.29, 0.717) is 22.0 Å². The molecule has 136 valence electrons. The van der Waals surface area contributed by atoms with Gasteiger partial charge in [-0.3, -0.25) is 9.59 Å². The number of hydrogen-bond acceptors (Lipinski definition) is 3. The van der Waals surface area contributed by atoms with E-state index in [0.717, 1.165) is 12.8 Å². The van der Waals surface area contributed by atoms with Crippen molar-refractivity contribution in [3.8, 4) is 5.75 Å². The van der Waals surface area contributed by atoms with Crippen LogP contribution in [0.5, 0.6) is 5.75 Å². The van der Waals surface area contributed by atoms with Crippen molar-refractivity contribution in [2.75, 3.05) is 11.9 Å². The van der Waals surface area contributed by atoms with Crippen LogP contribution in [0.2, 0.25) is 5.02 Å². The minimum atomic E-state index is -0.216. The highest BCUT2D eigenvalue weighted by Crippen LogP contribution is 2.19. The molecule has 2 aromatic carbocycles. The van der Waals surface area contributed by atoms with E-state index in [9.17, 15) is 9.59 Å². The first-order chi connectivity index (χ1) is 12.6. The fourth-order valence-electron chi connectivity index (χ4n) is 2.93. The molecule has 1 aliphatic carbocycles. The topological polar surface area (TPSA) is 67.4 Å². The minimum Gasteiger partial charge on any atom is -0.484 e. The number of hydrogen-bond donors (Lipinski definition) is 2. The van der Waals surface area contributed by atoms with Gasteiger partial charge in [-0.15, -0.1) is 0 Å². The normalized spacial score (nSPS) is 14.0. The SMILES string of the molecule is O=C(COc1ccc(NC(=O)c2ccc(Cl)cc2)cc1)NC1CCCC1. The second kappa shape index (κ2) is 8.72. The smallest absolute Gasteiger partial charge is 0.258 e. The van der Waals surface area contributed by atoms with Gasteiger partial charge in [0.25, 0.3) is 11.8 Å². The molecular formula is C20H21ClN2O3. The molecule has 2 amide bonds. The van der Waals surface area contributed by atoms with Gasteiger partial charge in [0, 0.05) is 22.3 Å². The molecule has 1 saturated carbocycles. The van der Waals surface area contributed by atoms with Crippen molar-refractivity contribution in [2.24, 2.45) is 0 Å². The highest BCUT2D eigenvalue weighted by molar-refractivity contribution is 6.30. The summed E-state index contributed by atoms with van der Waals surface area (Å²) in [5, 5.41) is 6.36. The standard InChI is InChI=1S/C20H21ClN2O3/c21-15-7-5-14(6-8-15)20(25)23-17-9-11-18(12-10-17)26-13-19(24)22-16-3-1-2-4-16/h5-12,16H,1-4,13H2,(H,22,24)(H,23,25). The number of anilines is 1. The Morgan fingerprint density at radius 2 is 1.65 bits per heavy atom. The van der Waals surface area contributed by atoms with E-state index in [1.165, 1.54) is 12.8 Å². The van der Waals surface area contributed by atoms with Crippen LogP contribution < -0.4 is 15.4 Å². The predicted molar refractivity (Wildman–Crippen MR) is 102 cm³/mol. The van der Waals surface area contributed by atoms with Crippen LogP contribution >= 0.6 is 11.6 Å². The van der Waals surface area contributed by atoms with E-state index in [1.807, 2.05) is 0 Å². The van der Waals surface area contributed by atoms with Crippen molar-refractivity contribution in [3.05, 3.63) is 59.1 Å². The molecule has 0 unspecified atom stereocenters. The molecule has 2 N–H and O–H groups in total. The zero-order valence-electron chi connectivity index (χ0n) is 14.3. The Morgan fingerprint density at radius 1 is 1.00 bits per heavy atom. The lowest BCUT2D eigenvalue weighted by Gasteiger charge is -2.12. The molecule has 1 aliphatic rings. The Hall–Kier alpha value is -2.53. The molecule has 2 aromatic rings. The maximum atomic E-state index is 12.2. The van der Waals surface area contributed by atoms with Crippen LogP contribution in [0.3, 0.4) is 0 Å². The Morgan fingerprint density at radius 3 is 2.31 bits per heavy atom. The number of amides is 2. The number of ether oxygens (including phenoxy) is 1. The fraction of sp³-hybridized carbons (Fsp3) is 0.300. The van der Waals surface area contributed by atoms with Gasteiger partial charge in [0.05, 0.1) is 0 Å². The van der Waals surface area contributed by atoms with Crippen molar-refractivity contribution in [3.63, 3.8) is 0 Å². The third kappa shape index (κ3) is 5.23. The molecule has 3 rings (SSSR count). The molecule has 5 nitrogen and oxygen atoms in total. The summed E-state index contributed by atoms with van der Waals surface area (Å²) in [6, 6.07) is 13.9. The lowest BCUT2D eigenvalue weighted by molar-refractivity contribution is -0.123. The second-order valence-corrected chi connectivity index (χ2v) is 6.76. The molecular weight excluding hydrogens is 352 g/mol. The number of rotatable bonds is 6. The van der Waals surface area contributed by atoms with Gasteiger partial charge in [0.1, 0.15) is 5.75 Å². The molecule has 0 aromatic heterocycles. The van der Waals surface area contributed by atoms with Crippen molar-refractivity contribution in [1.82, 2.24) is 5.32 Å². The molecule has 0 saturated heterocycles. The average molecular weight is 373 g/mol. The van der Waals surface area contributed by atoms with Crippen LogP contribution in [0.1, 0.15) is 36.0 Å². The molecule has 0 bridgehead atoms. The lowest BCUT2D eigenvalue weighted by Crippen LogP contribution is -2.36. The third-order valence-corrected chi connectivity index (χ3v) is 4.56. The number of halogens is 1. The van der Waals surface area contributed by atoms with Gasteiger partial charge in [-0.1, -0.05) is 24.4 Å². The van der Waals surface area contributed by atoms with Crippen LogP contribution in [0.25, 0.3) is 0 Å². The van der Waals surface area contributed by atoms with E-state index in [-0.39, 0.29) is 24.5 Å². The summed E-state index contributed by atoms with van der Waals surface area (Å²) in [5.41, 5.74) is 1.17. The zero-order chi connectivity index (χ0) is 18.4. The van der Waals surface area contributed by atoms with Crippen molar-refractivity contribution >= 4 is 29.1 Å². The average Bonchev–Trinajstić information content (AvgIpc) is 3.14. The number of benzene rings is 2. The molecule has 0 atom stereocenters. The van der Waals surface area contributed by atoms with Gasteiger partial charge in [0.15, 0.2) is 6.61 Å². The van der Waals surface area contributed by atoms with E-state index in [2.05, 4.69) is 10.6 Å². The maximum absolute atomic E-state index is 12.2. The minimum absolute atomic E-state index is 0.00696. The third-order valence-electron chi connectivity index (χ3n) is 4.31. The first-order valence-electron chi connectivity index (χ1n) is 8.69. The van der Waals surface area contributed by atoms with E-state index in [4.69, 9.17) is 16.3 Å². The Kier molecular flexibility index (Phi) is 6.12. The maximum Gasteiger partial charge on any atom is 0.258 e. The molecule has 0 radical (unpaired) electrons. The summed E-state index contributed by atoms with van der Waals surface area (Å²) in [7, 11) is 0. The van der Waals surface area contributed by atoms with Gasteiger partial charge >= 0.3 is 0 Å². The van der Waals surface area contributed by atoms with Crippen LogP contribution in [0.15, 0.2) is 48.5 Å². The summed E-state index contributed by atoms with van der Waals surface area (Å²) in [4.78, 5) is 24.0. The highest BCUT2D eigenvalue weighted by atomic mass is 35.5. The van der Waals surface area contributed by atoms with Crippen molar-refractivity contribution < 1.29 is 14.3 Å². The quantitative estimate of drug-likeness (QED) is 0.804. The van der Waals surface area contributed by atoms with Gasteiger partial charge < -0.3 is 15.4 Å². The number of nitrogens with one attached hydrogen (secondary N) is 2. The van der Waals surface area contributed by atoms with Crippen LogP contribution in [-0.4, -0.2) is 24.5 Å². The second-order valence-electron chi connectivity index (χ2n) is 6.32. The van der Waals surface area contributed by atoms with E-state index < -0.39 is 0 Å². The summed E-state index contributed by atoms with van der Waals surface area (Å²) in [6.07, 6.45) is 4.45. The van der Waals surface area contributed by atoms with E-state index in [1.54, 1.807) is 48.5 Å². The highest BCUT2D eigenvalue weighted by Gasteiger charge is 2.17. The molecule has 1 fully saturated rings. The summed E-state index contributed by atoms with van der Waals surface area (Å²) >= 11 is 5.82. The van der Waals surface area contributed by atoms with Crippen LogP contribution in [0.4, 0.5) is 5.69 Å². The largest absolute Gasteiger partial charge is 0.484 e. The predicted octanol–water partition coefficient (Wildman–Crippen LogP) is 4.03. The summed E-state index contributed by atoms with van der Waals surface area (Å²) < 4.78 is 5.50. The molecule has 0 spiro atoms. The number of carbonyl (C=O) groups is 2. The van der Waals surface area contributed by atoms with Crippen LogP contribution in [-0.2, 0) is 4.79 Å². The summed E-state index contributed by atoms with van der Waals surface area (Å²) in [6.45, 7) is -0.00696. The Balaban J connectivity index is 1.47. The first-order valence-corrected chi connectivity index (χ1v) is 9.07. The Labute approximate surface area is 157 Å². The van der Waals surface area contributed by atoms with Gasteiger partial charge in [-0.2, -0.15) is 0 Å². The lowest BCUT2D eigenvalue weighted by atomic mass is 10.2. The first kappa shape index (κ1) is 18.3. The fourth-order valence-corrected chi connectivity index (χ4v) is 3.05. The number of carbonyl (C=O) groups excluding carboxylic acids is 2. The zero-order valence-corrected chi connectivity index (χ0v) is 15.1. The van der Waals surface area contributed by atoms with Gasteiger partial charge in [-0.25, -0.2) is 0 Å². The van der Waals surface area contributed by atoms with Crippen molar-refractivity contribution in [2.45, 2.75) is 31.7 Å². The van der Waals surface area contributed by atoms with Gasteiger partial charge in [0.2, 0.25) is 0 Å². The van der Waals surface area contributed by atoms with E-state index >= 15 is 0 Å². The van der Waals surface area contributed by atoms with Gasteiger partial charge in [-0.05, 0) is 61.4 Å². The van der Waals surface area contributed by atoms with Crippen LogP contribution in [0, 0.1) is 0 Å². The molecule has 26 heavy (non-hydrogen) atoms.